The van der Waals surface area contributed by atoms with Crippen LogP contribution in [0.2, 0.25) is 10.0 Å². The number of pyridine rings is 1. The summed E-state index contributed by atoms with van der Waals surface area (Å²) >= 11 is 12.0. The molecule has 2 rings (SSSR count). The van der Waals surface area contributed by atoms with Crippen LogP contribution >= 0.6 is 23.2 Å². The third kappa shape index (κ3) is 4.20. The molecule has 0 aliphatic carbocycles. The number of nitrogens with zero attached hydrogens (tertiary/aromatic N) is 1. The van der Waals surface area contributed by atoms with Crippen LogP contribution in [0.25, 0.3) is 0 Å². The predicted molar refractivity (Wildman–Crippen MR) is 80.8 cm³/mol. The van der Waals surface area contributed by atoms with Crippen molar-refractivity contribution in [3.63, 3.8) is 0 Å². The SMILES string of the molecule is Cc1cccnc1CNCCc1ccc(Cl)cc1Cl. The molecule has 2 aromatic rings. The molecule has 1 aromatic heterocycles. The molecular formula is C15H16Cl2N2. The van der Waals surface area contributed by atoms with Gasteiger partial charge >= 0.3 is 0 Å². The van der Waals surface area contributed by atoms with Crippen molar-refractivity contribution in [3.8, 4) is 0 Å². The minimum atomic E-state index is 0.672. The van der Waals surface area contributed by atoms with E-state index in [2.05, 4.69) is 23.3 Å². The Morgan fingerprint density at radius 3 is 2.79 bits per heavy atom. The van der Waals surface area contributed by atoms with Gasteiger partial charge in [-0.25, -0.2) is 0 Å². The van der Waals surface area contributed by atoms with Gasteiger partial charge in [0.2, 0.25) is 0 Å². The van der Waals surface area contributed by atoms with E-state index >= 15 is 0 Å². The van der Waals surface area contributed by atoms with Crippen LogP contribution in [0.4, 0.5) is 0 Å². The maximum absolute atomic E-state index is 6.13. The molecular weight excluding hydrogens is 279 g/mol. The molecule has 0 saturated carbocycles. The normalized spacial score (nSPS) is 10.7. The highest BCUT2D eigenvalue weighted by molar-refractivity contribution is 6.35. The molecule has 0 radical (unpaired) electrons. The fraction of sp³-hybridized carbons (Fsp3) is 0.267. The second-order valence-electron chi connectivity index (χ2n) is 4.43. The Bertz CT molecular complexity index is 556. The Morgan fingerprint density at radius 2 is 2.05 bits per heavy atom. The third-order valence-electron chi connectivity index (χ3n) is 3.00. The number of halogens is 2. The summed E-state index contributed by atoms with van der Waals surface area (Å²) in [6.45, 7) is 3.70. The van der Waals surface area contributed by atoms with Crippen molar-refractivity contribution >= 4 is 23.2 Å². The van der Waals surface area contributed by atoms with Gasteiger partial charge in [0.05, 0.1) is 5.69 Å². The Hall–Kier alpha value is -1.09. The Morgan fingerprint density at radius 1 is 1.21 bits per heavy atom. The highest BCUT2D eigenvalue weighted by atomic mass is 35.5. The van der Waals surface area contributed by atoms with Gasteiger partial charge in [0.15, 0.2) is 0 Å². The zero-order chi connectivity index (χ0) is 13.7. The molecule has 0 aliphatic heterocycles. The van der Waals surface area contributed by atoms with Crippen molar-refractivity contribution in [2.24, 2.45) is 0 Å². The van der Waals surface area contributed by atoms with Gasteiger partial charge in [0, 0.05) is 22.8 Å². The highest BCUT2D eigenvalue weighted by Crippen LogP contribution is 2.21. The first-order chi connectivity index (χ1) is 9.16. The summed E-state index contributed by atoms with van der Waals surface area (Å²) in [5.41, 5.74) is 3.40. The molecule has 0 saturated heterocycles. The molecule has 0 atom stereocenters. The average Bonchev–Trinajstić information content (AvgIpc) is 2.38. The molecule has 2 nitrogen and oxygen atoms in total. The van der Waals surface area contributed by atoms with E-state index in [9.17, 15) is 0 Å². The van der Waals surface area contributed by atoms with E-state index in [4.69, 9.17) is 23.2 Å². The van der Waals surface area contributed by atoms with Crippen LogP contribution in [0.3, 0.4) is 0 Å². The fourth-order valence-corrected chi connectivity index (χ4v) is 2.36. The smallest absolute Gasteiger partial charge is 0.0570 e. The molecule has 19 heavy (non-hydrogen) atoms. The molecule has 1 aromatic carbocycles. The molecule has 4 heteroatoms. The molecule has 100 valence electrons. The van der Waals surface area contributed by atoms with Gasteiger partial charge in [-0.05, 0) is 49.2 Å². The average molecular weight is 295 g/mol. The Balaban J connectivity index is 1.83. The van der Waals surface area contributed by atoms with E-state index in [-0.39, 0.29) is 0 Å². The van der Waals surface area contributed by atoms with Crippen LogP contribution in [0.15, 0.2) is 36.5 Å². The summed E-state index contributed by atoms with van der Waals surface area (Å²) < 4.78 is 0. The summed E-state index contributed by atoms with van der Waals surface area (Å²) in [6.07, 6.45) is 2.70. The molecule has 0 aliphatic rings. The predicted octanol–water partition coefficient (Wildman–Crippen LogP) is 4.03. The quantitative estimate of drug-likeness (QED) is 0.842. The van der Waals surface area contributed by atoms with Gasteiger partial charge in [-0.3, -0.25) is 4.98 Å². The van der Waals surface area contributed by atoms with Crippen LogP contribution in [0.1, 0.15) is 16.8 Å². The lowest BCUT2D eigenvalue weighted by atomic mass is 10.1. The number of hydrogen-bond donors (Lipinski definition) is 1. The molecule has 0 amide bonds. The number of aryl methyl sites for hydroxylation is 1. The zero-order valence-corrected chi connectivity index (χ0v) is 12.3. The first-order valence-corrected chi connectivity index (χ1v) is 6.97. The van der Waals surface area contributed by atoms with Gasteiger partial charge in [-0.2, -0.15) is 0 Å². The largest absolute Gasteiger partial charge is 0.311 e. The summed E-state index contributed by atoms with van der Waals surface area (Å²) in [6, 6.07) is 9.64. The second-order valence-corrected chi connectivity index (χ2v) is 5.27. The lowest BCUT2D eigenvalue weighted by molar-refractivity contribution is 0.672. The highest BCUT2D eigenvalue weighted by Gasteiger charge is 2.02. The molecule has 0 spiro atoms. The summed E-state index contributed by atoms with van der Waals surface area (Å²) in [7, 11) is 0. The first kappa shape index (κ1) is 14.3. The van der Waals surface area contributed by atoms with Gasteiger partial charge in [-0.1, -0.05) is 35.3 Å². The number of benzene rings is 1. The topological polar surface area (TPSA) is 24.9 Å². The minimum absolute atomic E-state index is 0.672. The van der Waals surface area contributed by atoms with Crippen molar-refractivity contribution in [3.05, 3.63) is 63.4 Å². The van der Waals surface area contributed by atoms with Gasteiger partial charge in [0.1, 0.15) is 0 Å². The summed E-state index contributed by atoms with van der Waals surface area (Å²) in [4.78, 5) is 4.35. The zero-order valence-electron chi connectivity index (χ0n) is 10.8. The lowest BCUT2D eigenvalue weighted by Crippen LogP contribution is -2.18. The lowest BCUT2D eigenvalue weighted by Gasteiger charge is -2.08. The molecule has 1 heterocycles. The van der Waals surface area contributed by atoms with Crippen molar-refractivity contribution in [1.82, 2.24) is 10.3 Å². The van der Waals surface area contributed by atoms with Crippen molar-refractivity contribution in [1.29, 1.82) is 0 Å². The van der Waals surface area contributed by atoms with E-state index in [1.807, 2.05) is 24.4 Å². The monoisotopic (exact) mass is 294 g/mol. The van der Waals surface area contributed by atoms with Crippen LogP contribution in [-0.2, 0) is 13.0 Å². The van der Waals surface area contributed by atoms with Crippen LogP contribution in [0, 0.1) is 6.92 Å². The number of rotatable bonds is 5. The summed E-state index contributed by atoms with van der Waals surface area (Å²) in [5, 5.41) is 4.78. The number of hydrogen-bond acceptors (Lipinski definition) is 2. The van der Waals surface area contributed by atoms with Crippen LogP contribution in [-0.4, -0.2) is 11.5 Å². The van der Waals surface area contributed by atoms with E-state index in [1.165, 1.54) is 5.56 Å². The molecule has 0 bridgehead atoms. The minimum Gasteiger partial charge on any atom is -0.311 e. The number of aromatic nitrogens is 1. The first-order valence-electron chi connectivity index (χ1n) is 6.22. The maximum Gasteiger partial charge on any atom is 0.0570 e. The Kier molecular flexibility index (Phi) is 5.20. The van der Waals surface area contributed by atoms with Crippen LogP contribution < -0.4 is 5.32 Å². The second kappa shape index (κ2) is 6.90. The fourth-order valence-electron chi connectivity index (χ4n) is 1.86. The molecule has 1 N–H and O–H groups in total. The Labute approximate surface area is 123 Å². The van der Waals surface area contributed by atoms with Gasteiger partial charge in [0.25, 0.3) is 0 Å². The molecule has 0 fully saturated rings. The van der Waals surface area contributed by atoms with Crippen LogP contribution in [0.5, 0.6) is 0 Å². The van der Waals surface area contributed by atoms with Crippen molar-refractivity contribution < 1.29 is 0 Å². The van der Waals surface area contributed by atoms with E-state index in [0.29, 0.717) is 5.02 Å². The van der Waals surface area contributed by atoms with Crippen molar-refractivity contribution in [2.45, 2.75) is 19.9 Å². The molecule has 0 unspecified atom stereocenters. The van der Waals surface area contributed by atoms with E-state index in [0.717, 1.165) is 35.8 Å². The number of nitrogens with one attached hydrogen (secondary N) is 1. The van der Waals surface area contributed by atoms with E-state index in [1.54, 1.807) is 6.07 Å². The summed E-state index contributed by atoms with van der Waals surface area (Å²) in [5.74, 6) is 0. The van der Waals surface area contributed by atoms with Gasteiger partial charge < -0.3 is 5.32 Å². The van der Waals surface area contributed by atoms with Crippen molar-refractivity contribution in [2.75, 3.05) is 6.54 Å². The third-order valence-corrected chi connectivity index (χ3v) is 3.58. The standard InChI is InChI=1S/C15H16Cl2N2/c1-11-3-2-7-19-15(11)10-18-8-6-12-4-5-13(16)9-14(12)17/h2-5,7,9,18H,6,8,10H2,1H3. The van der Waals surface area contributed by atoms with Gasteiger partial charge in [-0.15, -0.1) is 0 Å². The maximum atomic E-state index is 6.13. The van der Waals surface area contributed by atoms with E-state index < -0.39 is 0 Å².